The fraction of sp³-hybridized carbons (Fsp3) is 0.167. The summed E-state index contributed by atoms with van der Waals surface area (Å²) in [4.78, 5) is 15.8. The molecule has 0 unspecified atom stereocenters. The van der Waals surface area contributed by atoms with Crippen molar-refractivity contribution in [2.75, 3.05) is 10.7 Å². The molecule has 0 spiro atoms. The summed E-state index contributed by atoms with van der Waals surface area (Å²) in [5.41, 5.74) is 0.593. The zero-order valence-corrected chi connectivity index (χ0v) is 10.8. The summed E-state index contributed by atoms with van der Waals surface area (Å²) < 4.78 is 43.5. The Hall–Kier alpha value is -2.55. The van der Waals surface area contributed by atoms with E-state index in [0.717, 1.165) is 12.1 Å². The second-order valence-electron chi connectivity index (χ2n) is 4.12. The number of nitrogens with zero attached hydrogens (tertiary/aromatic N) is 1. The summed E-state index contributed by atoms with van der Waals surface area (Å²) in [6.45, 7) is 1.64. The van der Waals surface area contributed by atoms with Crippen LogP contribution < -0.4 is 16.6 Å². The molecule has 1 amide bonds. The van der Waals surface area contributed by atoms with Crippen molar-refractivity contribution in [2.24, 2.45) is 5.84 Å². The summed E-state index contributed by atoms with van der Waals surface area (Å²) >= 11 is 0. The Morgan fingerprint density at radius 3 is 2.62 bits per heavy atom. The highest BCUT2D eigenvalue weighted by molar-refractivity contribution is 6.07. The van der Waals surface area contributed by atoms with Crippen LogP contribution in [-0.2, 0) is 6.18 Å². The lowest BCUT2D eigenvalue weighted by Crippen LogP contribution is -2.21. The molecule has 0 atom stereocenters. The normalized spacial score (nSPS) is 11.3. The summed E-state index contributed by atoms with van der Waals surface area (Å²) in [5, 5.41) is 2.25. The summed E-state index contributed by atoms with van der Waals surface area (Å²) in [6, 6.07) is 3.02. The fourth-order valence-corrected chi connectivity index (χ4v) is 1.71. The molecule has 112 valence electrons. The molecule has 9 heteroatoms. The lowest BCUT2D eigenvalue weighted by Gasteiger charge is -2.15. The van der Waals surface area contributed by atoms with Crippen molar-refractivity contribution < 1.29 is 22.4 Å². The number of amides is 1. The maximum atomic E-state index is 12.9. The van der Waals surface area contributed by atoms with Gasteiger partial charge in [0.25, 0.3) is 5.91 Å². The number of aromatic nitrogens is 1. The first-order chi connectivity index (χ1) is 9.82. The Morgan fingerprint density at radius 2 is 2.10 bits per heavy atom. The van der Waals surface area contributed by atoms with Gasteiger partial charge >= 0.3 is 12.2 Å². The Balaban J connectivity index is 2.37. The highest BCUT2D eigenvalue weighted by Crippen LogP contribution is 2.36. The first kappa shape index (κ1) is 14.9. The molecule has 0 saturated carbocycles. The first-order valence-electron chi connectivity index (χ1n) is 5.73. The predicted octanol–water partition coefficient (Wildman–Crippen LogP) is 2.54. The quantitative estimate of drug-likeness (QED) is 0.598. The maximum Gasteiger partial charge on any atom is 0.418 e. The molecular weight excluding hydrogens is 289 g/mol. The van der Waals surface area contributed by atoms with Gasteiger partial charge in [-0.1, -0.05) is 6.07 Å². The third-order valence-corrected chi connectivity index (χ3v) is 2.60. The van der Waals surface area contributed by atoms with E-state index in [9.17, 15) is 18.0 Å². The van der Waals surface area contributed by atoms with E-state index in [1.807, 2.05) is 5.43 Å². The van der Waals surface area contributed by atoms with Crippen molar-refractivity contribution in [1.82, 2.24) is 4.98 Å². The number of alkyl halides is 3. The van der Waals surface area contributed by atoms with Crippen LogP contribution in [0.4, 0.5) is 24.9 Å². The minimum atomic E-state index is -4.64. The van der Waals surface area contributed by atoms with Crippen molar-refractivity contribution >= 4 is 17.6 Å². The number of hydrogen-bond acceptors (Lipinski definition) is 5. The lowest BCUT2D eigenvalue weighted by molar-refractivity contribution is -0.137. The molecule has 0 saturated heterocycles. The second kappa shape index (κ2) is 5.44. The minimum Gasteiger partial charge on any atom is -0.432 e. The number of carbonyl (C=O) groups excluding carboxylic acids is 1. The number of carbonyl (C=O) groups is 1. The Morgan fingerprint density at radius 1 is 1.38 bits per heavy atom. The number of nitrogens with two attached hydrogens (primary N) is 1. The SMILES string of the molecule is Cc1coc(NC(=O)c2cccc(C(F)(F)F)c2NN)n1. The molecule has 0 fully saturated rings. The van der Waals surface area contributed by atoms with Crippen LogP contribution in [0.15, 0.2) is 28.9 Å². The largest absolute Gasteiger partial charge is 0.432 e. The number of hydrazine groups is 1. The number of oxazole rings is 1. The van der Waals surface area contributed by atoms with Gasteiger partial charge in [-0.05, 0) is 19.1 Å². The molecular formula is C12H11F3N4O2. The molecule has 1 aromatic heterocycles. The summed E-state index contributed by atoms with van der Waals surface area (Å²) in [5.74, 6) is 4.29. The van der Waals surface area contributed by atoms with Gasteiger partial charge in [0.05, 0.1) is 22.5 Å². The average Bonchev–Trinajstić information content (AvgIpc) is 2.82. The molecule has 0 bridgehead atoms. The zero-order valence-electron chi connectivity index (χ0n) is 10.8. The number of para-hydroxylation sites is 1. The topological polar surface area (TPSA) is 93.2 Å². The van der Waals surface area contributed by atoms with E-state index in [0.29, 0.717) is 5.69 Å². The van der Waals surface area contributed by atoms with Gasteiger partial charge in [0.1, 0.15) is 6.26 Å². The van der Waals surface area contributed by atoms with Crippen molar-refractivity contribution in [3.05, 3.63) is 41.3 Å². The molecule has 4 N–H and O–H groups in total. The van der Waals surface area contributed by atoms with E-state index >= 15 is 0 Å². The van der Waals surface area contributed by atoms with Gasteiger partial charge in [0.2, 0.25) is 0 Å². The van der Waals surface area contributed by atoms with E-state index in [4.69, 9.17) is 10.3 Å². The highest BCUT2D eigenvalue weighted by atomic mass is 19.4. The standard InChI is InChI=1S/C12H11F3N4O2/c1-6-5-21-11(17-6)18-10(20)7-3-2-4-8(9(7)19-16)12(13,14)15/h2-5,19H,16H2,1H3,(H,17,18,20). The third-order valence-electron chi connectivity index (χ3n) is 2.60. The second-order valence-corrected chi connectivity index (χ2v) is 4.12. The van der Waals surface area contributed by atoms with Gasteiger partial charge in [-0.25, -0.2) is 0 Å². The molecule has 2 rings (SSSR count). The number of nitrogen functional groups attached to an aromatic ring is 1. The molecule has 0 aliphatic rings. The summed E-state index contributed by atoms with van der Waals surface area (Å²) in [7, 11) is 0. The van der Waals surface area contributed by atoms with Crippen LogP contribution >= 0.6 is 0 Å². The number of hydrogen-bond donors (Lipinski definition) is 3. The highest BCUT2D eigenvalue weighted by Gasteiger charge is 2.35. The Kier molecular flexibility index (Phi) is 3.85. The van der Waals surface area contributed by atoms with Crippen LogP contribution in [0.1, 0.15) is 21.6 Å². The van der Waals surface area contributed by atoms with Gasteiger partial charge in [0, 0.05) is 0 Å². The zero-order chi connectivity index (χ0) is 15.6. The smallest absolute Gasteiger partial charge is 0.418 e. The van der Waals surface area contributed by atoms with Crippen LogP contribution in [-0.4, -0.2) is 10.9 Å². The van der Waals surface area contributed by atoms with Crippen LogP contribution in [0.25, 0.3) is 0 Å². The predicted molar refractivity (Wildman–Crippen MR) is 68.4 cm³/mol. The first-order valence-corrected chi connectivity index (χ1v) is 5.73. The van der Waals surface area contributed by atoms with Gasteiger partial charge in [-0.3, -0.25) is 16.0 Å². The monoisotopic (exact) mass is 300 g/mol. The number of halogens is 3. The van der Waals surface area contributed by atoms with E-state index in [1.165, 1.54) is 12.3 Å². The molecule has 0 radical (unpaired) electrons. The number of aryl methyl sites for hydroxylation is 1. The van der Waals surface area contributed by atoms with Gasteiger partial charge in [-0.2, -0.15) is 18.2 Å². The van der Waals surface area contributed by atoms with E-state index < -0.39 is 23.3 Å². The molecule has 21 heavy (non-hydrogen) atoms. The lowest BCUT2D eigenvalue weighted by atomic mass is 10.1. The molecule has 2 aromatic rings. The summed E-state index contributed by atoms with van der Waals surface area (Å²) in [6.07, 6.45) is -3.35. The Labute approximate surface area is 117 Å². The number of anilines is 2. The molecule has 0 aliphatic heterocycles. The van der Waals surface area contributed by atoms with E-state index in [-0.39, 0.29) is 11.6 Å². The number of nitrogens with one attached hydrogen (secondary N) is 2. The van der Waals surface area contributed by atoms with Crippen molar-refractivity contribution in [3.63, 3.8) is 0 Å². The molecule has 0 aliphatic carbocycles. The number of rotatable bonds is 3. The fourth-order valence-electron chi connectivity index (χ4n) is 1.71. The van der Waals surface area contributed by atoms with Crippen LogP contribution in [0, 0.1) is 6.92 Å². The average molecular weight is 300 g/mol. The van der Waals surface area contributed by atoms with Gasteiger partial charge in [0.15, 0.2) is 0 Å². The van der Waals surface area contributed by atoms with Crippen molar-refractivity contribution in [2.45, 2.75) is 13.1 Å². The van der Waals surface area contributed by atoms with Crippen LogP contribution in [0.5, 0.6) is 0 Å². The van der Waals surface area contributed by atoms with Crippen molar-refractivity contribution in [3.8, 4) is 0 Å². The van der Waals surface area contributed by atoms with E-state index in [2.05, 4.69) is 10.3 Å². The minimum absolute atomic E-state index is 0.113. The Bertz CT molecular complexity index is 667. The molecule has 1 heterocycles. The van der Waals surface area contributed by atoms with Crippen LogP contribution in [0.2, 0.25) is 0 Å². The van der Waals surface area contributed by atoms with Crippen LogP contribution in [0.3, 0.4) is 0 Å². The van der Waals surface area contributed by atoms with Gasteiger partial charge in [-0.15, -0.1) is 0 Å². The molecule has 1 aromatic carbocycles. The molecule has 6 nitrogen and oxygen atoms in total. The maximum absolute atomic E-state index is 12.9. The van der Waals surface area contributed by atoms with Crippen molar-refractivity contribution in [1.29, 1.82) is 0 Å². The van der Waals surface area contributed by atoms with Gasteiger partial charge < -0.3 is 9.84 Å². The number of benzene rings is 1. The van der Waals surface area contributed by atoms with E-state index in [1.54, 1.807) is 6.92 Å². The third kappa shape index (κ3) is 3.14.